The first-order chi connectivity index (χ1) is 23.1. The van der Waals surface area contributed by atoms with Crippen molar-refractivity contribution >= 4 is 28.8 Å². The van der Waals surface area contributed by atoms with E-state index in [1.54, 1.807) is 24.3 Å². The van der Waals surface area contributed by atoms with E-state index in [2.05, 4.69) is 5.48 Å². The number of carboxylic acid groups (broad SMARTS) is 1. The van der Waals surface area contributed by atoms with Crippen molar-refractivity contribution in [3.63, 3.8) is 0 Å². The molecule has 1 fully saturated rings. The summed E-state index contributed by atoms with van der Waals surface area (Å²) in [5.74, 6) is 0.482. The van der Waals surface area contributed by atoms with Crippen LogP contribution in [0.15, 0.2) is 96.6 Å². The van der Waals surface area contributed by atoms with Crippen molar-refractivity contribution in [3.05, 3.63) is 113 Å². The van der Waals surface area contributed by atoms with Crippen LogP contribution in [0.1, 0.15) is 61.5 Å². The zero-order chi connectivity index (χ0) is 34.1. The molecule has 1 heterocycles. The fourth-order valence-electron chi connectivity index (χ4n) is 5.84. The largest absolute Gasteiger partial charge is 0.508 e. The van der Waals surface area contributed by atoms with Crippen molar-refractivity contribution in [2.45, 2.75) is 58.8 Å². The van der Waals surface area contributed by atoms with Gasteiger partial charge in [0.2, 0.25) is 0 Å². The van der Waals surface area contributed by atoms with Gasteiger partial charge in [0, 0.05) is 36.6 Å². The lowest BCUT2D eigenvalue weighted by Crippen LogP contribution is -2.49. The molecule has 252 valence electrons. The minimum atomic E-state index is -1.04. The molecule has 0 aliphatic carbocycles. The van der Waals surface area contributed by atoms with Crippen LogP contribution in [0.4, 0.5) is 4.79 Å². The summed E-state index contributed by atoms with van der Waals surface area (Å²) in [6.45, 7) is 6.93. The molecule has 0 radical (unpaired) electrons. The van der Waals surface area contributed by atoms with Crippen LogP contribution in [0, 0.1) is 5.41 Å². The second-order valence-corrected chi connectivity index (χ2v) is 13.2. The first kappa shape index (κ1) is 34.5. The molecule has 4 aromatic carbocycles. The Kier molecular flexibility index (Phi) is 11.4. The van der Waals surface area contributed by atoms with E-state index in [1.807, 2.05) is 93.6 Å². The zero-order valence-electron chi connectivity index (χ0n) is 27.7. The predicted octanol–water partition coefficient (Wildman–Crippen LogP) is 7.83. The van der Waals surface area contributed by atoms with Crippen molar-refractivity contribution in [2.24, 2.45) is 5.41 Å². The van der Waals surface area contributed by atoms with Crippen molar-refractivity contribution < 1.29 is 34.1 Å². The van der Waals surface area contributed by atoms with Gasteiger partial charge in [-0.1, -0.05) is 87.5 Å². The van der Waals surface area contributed by atoms with Gasteiger partial charge in [-0.2, -0.15) is 0 Å². The highest BCUT2D eigenvalue weighted by Crippen LogP contribution is 2.30. The van der Waals surface area contributed by atoms with E-state index in [0.29, 0.717) is 24.3 Å². The Bertz CT molecular complexity index is 1700. The standard InChI is InChI=1S/C39H44N2O7/c1-39(2,3)35(24-28-16-20-32(42)21-17-28)41(38(44)45)25-29(26-47-34-12-8-10-30-9-4-5-11-33(30)34)23-27-14-18-31(19-15-27)37(43)40-48-36-13-6-7-22-46-36/h4-5,8-12,14-21,23,35-36,42H,6-7,13,22,24-26H2,1-3H3,(H,40,43)(H,44,45). The molecule has 3 N–H and O–H groups in total. The smallest absolute Gasteiger partial charge is 0.407 e. The third-order valence-corrected chi connectivity index (χ3v) is 8.49. The molecule has 1 aliphatic rings. The maximum atomic E-state index is 12.9. The van der Waals surface area contributed by atoms with Gasteiger partial charge in [0.15, 0.2) is 6.29 Å². The van der Waals surface area contributed by atoms with Crippen molar-refractivity contribution in [3.8, 4) is 11.5 Å². The Balaban J connectivity index is 1.40. The molecule has 0 spiro atoms. The fraction of sp³-hybridized carbons (Fsp3) is 0.333. The van der Waals surface area contributed by atoms with Gasteiger partial charge in [-0.3, -0.25) is 4.79 Å². The Labute approximate surface area is 281 Å². The molecule has 5 rings (SSSR count). The predicted molar refractivity (Wildman–Crippen MR) is 186 cm³/mol. The number of phenols is 1. The number of hydrogen-bond acceptors (Lipinski definition) is 6. The number of fused-ring (bicyclic) bond motifs is 1. The third-order valence-electron chi connectivity index (χ3n) is 8.49. The Morgan fingerprint density at radius 1 is 0.979 bits per heavy atom. The van der Waals surface area contributed by atoms with E-state index >= 15 is 0 Å². The van der Waals surface area contributed by atoms with E-state index < -0.39 is 17.8 Å². The summed E-state index contributed by atoms with van der Waals surface area (Å²) >= 11 is 0. The number of carbonyl (C=O) groups is 2. The number of ether oxygens (including phenoxy) is 2. The number of rotatable bonds is 12. The lowest BCUT2D eigenvalue weighted by atomic mass is 9.81. The van der Waals surface area contributed by atoms with E-state index in [0.717, 1.165) is 46.7 Å². The number of nitrogens with one attached hydrogen (secondary N) is 1. The molecule has 1 aliphatic heterocycles. The highest BCUT2D eigenvalue weighted by atomic mass is 16.8. The molecule has 9 nitrogen and oxygen atoms in total. The molecule has 2 atom stereocenters. The minimum Gasteiger partial charge on any atom is -0.508 e. The SMILES string of the molecule is CC(C)(C)C(Cc1ccc(O)cc1)N(CC(=Cc1ccc(C(=O)NOC2CCCCO2)cc1)COc1cccc2ccccc12)C(=O)O. The lowest BCUT2D eigenvalue weighted by Gasteiger charge is -2.39. The van der Waals surface area contributed by atoms with Gasteiger partial charge in [0.05, 0.1) is 0 Å². The number of carbonyl (C=O) groups excluding carboxylic acids is 1. The monoisotopic (exact) mass is 652 g/mol. The first-order valence-electron chi connectivity index (χ1n) is 16.3. The Morgan fingerprint density at radius 3 is 2.40 bits per heavy atom. The average Bonchev–Trinajstić information content (AvgIpc) is 3.08. The second kappa shape index (κ2) is 15.8. The van der Waals surface area contributed by atoms with E-state index in [4.69, 9.17) is 14.3 Å². The van der Waals surface area contributed by atoms with Crippen LogP contribution >= 0.6 is 0 Å². The molecule has 0 saturated carbocycles. The number of phenolic OH excluding ortho intramolecular Hbond substituents is 1. The van der Waals surface area contributed by atoms with E-state index in [-0.39, 0.29) is 30.9 Å². The number of hydrogen-bond donors (Lipinski definition) is 3. The molecule has 2 unspecified atom stereocenters. The van der Waals surface area contributed by atoms with Crippen LogP contribution in [0.5, 0.6) is 11.5 Å². The normalized spacial score (nSPS) is 15.9. The van der Waals surface area contributed by atoms with Gasteiger partial charge in [0.25, 0.3) is 5.91 Å². The van der Waals surface area contributed by atoms with Gasteiger partial charge < -0.3 is 24.6 Å². The van der Waals surface area contributed by atoms with Crippen molar-refractivity contribution in [2.75, 3.05) is 19.8 Å². The molecule has 9 heteroatoms. The summed E-state index contributed by atoms with van der Waals surface area (Å²) in [5.41, 5.74) is 4.95. The fourth-order valence-corrected chi connectivity index (χ4v) is 5.84. The van der Waals surface area contributed by atoms with Gasteiger partial charge in [-0.25, -0.2) is 15.1 Å². The van der Waals surface area contributed by atoms with Gasteiger partial charge in [-0.05, 0) is 77.1 Å². The molecule has 4 aromatic rings. The average molecular weight is 653 g/mol. The topological polar surface area (TPSA) is 118 Å². The molecule has 0 aromatic heterocycles. The van der Waals surface area contributed by atoms with Crippen molar-refractivity contribution in [1.29, 1.82) is 0 Å². The maximum absolute atomic E-state index is 12.9. The lowest BCUT2D eigenvalue weighted by molar-refractivity contribution is -0.186. The Hall–Kier alpha value is -4.86. The molecular formula is C39H44N2O7. The van der Waals surface area contributed by atoms with Crippen LogP contribution in [-0.2, 0) is 16.0 Å². The van der Waals surface area contributed by atoms with Gasteiger partial charge >= 0.3 is 6.09 Å². The molecule has 0 bridgehead atoms. The molecule has 2 amide bonds. The molecule has 1 saturated heterocycles. The summed E-state index contributed by atoms with van der Waals surface area (Å²) in [4.78, 5) is 32.6. The summed E-state index contributed by atoms with van der Waals surface area (Å²) in [6, 6.07) is 27.3. The van der Waals surface area contributed by atoms with Crippen LogP contribution in [-0.4, -0.2) is 59.2 Å². The highest BCUT2D eigenvalue weighted by molar-refractivity contribution is 5.93. The number of nitrogens with zero attached hydrogens (tertiary/aromatic N) is 1. The first-order valence-corrected chi connectivity index (χ1v) is 16.3. The summed E-state index contributed by atoms with van der Waals surface area (Å²) < 4.78 is 11.9. The molecular weight excluding hydrogens is 608 g/mol. The highest BCUT2D eigenvalue weighted by Gasteiger charge is 2.34. The number of hydroxylamine groups is 1. The number of benzene rings is 4. The minimum absolute atomic E-state index is 0.0948. The summed E-state index contributed by atoms with van der Waals surface area (Å²) in [5, 5.41) is 22.4. The zero-order valence-corrected chi connectivity index (χ0v) is 27.7. The summed E-state index contributed by atoms with van der Waals surface area (Å²) in [6.07, 6.45) is 3.58. The maximum Gasteiger partial charge on any atom is 0.407 e. The summed E-state index contributed by atoms with van der Waals surface area (Å²) in [7, 11) is 0. The van der Waals surface area contributed by atoms with Crippen LogP contribution in [0.2, 0.25) is 0 Å². The third kappa shape index (κ3) is 9.36. The van der Waals surface area contributed by atoms with Gasteiger partial charge in [-0.15, -0.1) is 0 Å². The van der Waals surface area contributed by atoms with Gasteiger partial charge in [0.1, 0.15) is 18.1 Å². The Morgan fingerprint density at radius 2 is 1.71 bits per heavy atom. The van der Waals surface area contributed by atoms with Crippen LogP contribution in [0.25, 0.3) is 16.8 Å². The number of aromatic hydroxyl groups is 1. The van der Waals surface area contributed by atoms with E-state index in [9.17, 15) is 19.8 Å². The van der Waals surface area contributed by atoms with E-state index in [1.165, 1.54) is 4.90 Å². The second-order valence-electron chi connectivity index (χ2n) is 13.2. The molecule has 48 heavy (non-hydrogen) atoms. The van der Waals surface area contributed by atoms with Crippen molar-refractivity contribution in [1.82, 2.24) is 10.4 Å². The number of amides is 2. The quantitative estimate of drug-likeness (QED) is 0.134. The van der Waals surface area contributed by atoms with Crippen LogP contribution < -0.4 is 10.2 Å². The van der Waals surface area contributed by atoms with Crippen LogP contribution in [0.3, 0.4) is 0 Å².